The van der Waals surface area contributed by atoms with Crippen molar-refractivity contribution in [2.24, 2.45) is 0 Å². The van der Waals surface area contributed by atoms with Crippen LogP contribution in [-0.2, 0) is 9.59 Å². The Balaban J connectivity index is 3.71. The van der Waals surface area contributed by atoms with Gasteiger partial charge in [0.1, 0.15) is 12.1 Å². The van der Waals surface area contributed by atoms with Crippen LogP contribution in [0.4, 0.5) is 0 Å². The average molecular weight is 229 g/mol. The second-order valence-electron chi connectivity index (χ2n) is 3.82. The molecule has 0 aliphatic rings. The first-order valence-corrected chi connectivity index (χ1v) is 5.20. The lowest BCUT2D eigenvalue weighted by atomic mass is 10.1. The predicted octanol–water partition coefficient (Wildman–Crippen LogP) is 0.335. The molecule has 3 N–H and O–H groups in total. The number of carbonyl (C=O) groups is 2. The number of rotatable bonds is 8. The van der Waals surface area contributed by atoms with E-state index >= 15 is 0 Å². The van der Waals surface area contributed by atoms with Crippen molar-refractivity contribution < 1.29 is 19.8 Å². The lowest BCUT2D eigenvalue weighted by Gasteiger charge is -2.11. The standard InChI is InChI=1S/C11H19NO4/c1-7(2)10(14)9(13)5-4-6-12-8(3)11(15)16/h8-9,12-13H,1,4-6H2,2-3H3,(H,15,16)/t8-,9?/m0/s1. The summed E-state index contributed by atoms with van der Waals surface area (Å²) < 4.78 is 0. The van der Waals surface area contributed by atoms with Crippen molar-refractivity contribution in [1.29, 1.82) is 0 Å². The second-order valence-corrected chi connectivity index (χ2v) is 3.82. The van der Waals surface area contributed by atoms with Crippen LogP contribution in [0.3, 0.4) is 0 Å². The fourth-order valence-corrected chi connectivity index (χ4v) is 1.12. The average Bonchev–Trinajstić information content (AvgIpc) is 2.22. The molecule has 0 bridgehead atoms. The van der Waals surface area contributed by atoms with E-state index in [0.717, 1.165) is 0 Å². The number of ketones is 1. The maximum absolute atomic E-state index is 11.2. The van der Waals surface area contributed by atoms with Crippen molar-refractivity contribution >= 4 is 11.8 Å². The van der Waals surface area contributed by atoms with Crippen molar-refractivity contribution in [3.8, 4) is 0 Å². The number of Topliss-reactive ketones (excluding diaryl/α,β-unsaturated/α-hetero) is 1. The maximum Gasteiger partial charge on any atom is 0.320 e. The molecule has 0 aromatic rings. The maximum atomic E-state index is 11.2. The second kappa shape index (κ2) is 7.14. The molecule has 5 nitrogen and oxygen atoms in total. The molecular weight excluding hydrogens is 210 g/mol. The zero-order valence-corrected chi connectivity index (χ0v) is 9.69. The van der Waals surface area contributed by atoms with Gasteiger partial charge >= 0.3 is 5.97 Å². The summed E-state index contributed by atoms with van der Waals surface area (Å²) in [5.41, 5.74) is 0.333. The van der Waals surface area contributed by atoms with Gasteiger partial charge in [-0.05, 0) is 38.8 Å². The smallest absolute Gasteiger partial charge is 0.320 e. The van der Waals surface area contributed by atoms with Gasteiger partial charge in [-0.3, -0.25) is 9.59 Å². The van der Waals surface area contributed by atoms with Crippen molar-refractivity contribution in [1.82, 2.24) is 5.32 Å². The number of carbonyl (C=O) groups excluding carboxylic acids is 1. The van der Waals surface area contributed by atoms with Gasteiger partial charge < -0.3 is 15.5 Å². The number of aliphatic carboxylic acids is 1. The predicted molar refractivity (Wildman–Crippen MR) is 60.2 cm³/mol. The van der Waals surface area contributed by atoms with Gasteiger partial charge in [0.15, 0.2) is 5.78 Å². The van der Waals surface area contributed by atoms with E-state index in [4.69, 9.17) is 5.11 Å². The lowest BCUT2D eigenvalue weighted by Crippen LogP contribution is -2.34. The highest BCUT2D eigenvalue weighted by atomic mass is 16.4. The first-order valence-electron chi connectivity index (χ1n) is 5.20. The molecule has 0 saturated carbocycles. The van der Waals surface area contributed by atoms with E-state index in [9.17, 15) is 14.7 Å². The van der Waals surface area contributed by atoms with Crippen LogP contribution in [0.2, 0.25) is 0 Å². The zero-order valence-electron chi connectivity index (χ0n) is 9.69. The number of aliphatic hydroxyl groups excluding tert-OH is 1. The highest BCUT2D eigenvalue weighted by molar-refractivity contribution is 5.97. The van der Waals surface area contributed by atoms with E-state index in [1.54, 1.807) is 6.92 Å². The first kappa shape index (κ1) is 14.8. The van der Waals surface area contributed by atoms with Crippen LogP contribution in [0.15, 0.2) is 12.2 Å². The van der Waals surface area contributed by atoms with Gasteiger partial charge in [-0.1, -0.05) is 6.58 Å². The Morgan fingerprint density at radius 1 is 1.44 bits per heavy atom. The molecule has 0 spiro atoms. The molecule has 0 aromatic heterocycles. The van der Waals surface area contributed by atoms with E-state index in [2.05, 4.69) is 11.9 Å². The summed E-state index contributed by atoms with van der Waals surface area (Å²) in [5.74, 6) is -1.27. The summed E-state index contributed by atoms with van der Waals surface area (Å²) in [4.78, 5) is 21.7. The molecule has 0 rings (SSSR count). The Hall–Kier alpha value is -1.20. The van der Waals surface area contributed by atoms with E-state index < -0.39 is 18.1 Å². The number of hydrogen-bond acceptors (Lipinski definition) is 4. The third-order valence-electron chi connectivity index (χ3n) is 2.20. The Morgan fingerprint density at radius 2 is 2.00 bits per heavy atom. The van der Waals surface area contributed by atoms with Gasteiger partial charge in [0.05, 0.1) is 0 Å². The van der Waals surface area contributed by atoms with Crippen LogP contribution < -0.4 is 5.32 Å². The van der Waals surface area contributed by atoms with Gasteiger partial charge in [-0.15, -0.1) is 0 Å². The Kier molecular flexibility index (Phi) is 6.60. The van der Waals surface area contributed by atoms with Crippen LogP contribution in [0.25, 0.3) is 0 Å². The fraction of sp³-hybridized carbons (Fsp3) is 0.636. The number of hydrogen-bond donors (Lipinski definition) is 3. The summed E-state index contributed by atoms with van der Waals surface area (Å²) >= 11 is 0. The molecule has 0 aromatic carbocycles. The minimum absolute atomic E-state index is 0.311. The van der Waals surface area contributed by atoms with Crippen LogP contribution in [-0.4, -0.2) is 40.7 Å². The molecule has 0 fully saturated rings. The van der Waals surface area contributed by atoms with Gasteiger partial charge in [-0.2, -0.15) is 0 Å². The number of aliphatic hydroxyl groups is 1. The molecule has 0 heterocycles. The van der Waals surface area contributed by atoms with Crippen LogP contribution in [0, 0.1) is 0 Å². The van der Waals surface area contributed by atoms with Crippen molar-refractivity contribution in [3.05, 3.63) is 12.2 Å². The molecule has 92 valence electrons. The SMILES string of the molecule is C=C(C)C(=O)C(O)CCCN[C@@H](C)C(=O)O. The molecule has 16 heavy (non-hydrogen) atoms. The molecule has 1 unspecified atom stereocenters. The lowest BCUT2D eigenvalue weighted by molar-refractivity contribution is -0.139. The van der Waals surface area contributed by atoms with Crippen molar-refractivity contribution in [3.63, 3.8) is 0 Å². The Labute approximate surface area is 95.2 Å². The van der Waals surface area contributed by atoms with Crippen molar-refractivity contribution in [2.45, 2.75) is 38.8 Å². The zero-order chi connectivity index (χ0) is 12.7. The summed E-state index contributed by atoms with van der Waals surface area (Å²) in [6, 6.07) is -0.617. The Morgan fingerprint density at radius 3 is 2.44 bits per heavy atom. The molecule has 0 amide bonds. The molecule has 2 atom stereocenters. The highest BCUT2D eigenvalue weighted by Crippen LogP contribution is 2.03. The normalized spacial score (nSPS) is 14.2. The summed E-state index contributed by atoms with van der Waals surface area (Å²) in [7, 11) is 0. The van der Waals surface area contributed by atoms with Crippen LogP contribution >= 0.6 is 0 Å². The van der Waals surface area contributed by atoms with Crippen LogP contribution in [0.5, 0.6) is 0 Å². The topological polar surface area (TPSA) is 86.6 Å². The van der Waals surface area contributed by atoms with E-state index in [1.165, 1.54) is 6.92 Å². The molecule has 5 heteroatoms. The molecule has 0 aliphatic heterocycles. The number of carboxylic acid groups (broad SMARTS) is 1. The van der Waals surface area contributed by atoms with Gasteiger partial charge in [0.25, 0.3) is 0 Å². The minimum Gasteiger partial charge on any atom is -0.480 e. The van der Waals surface area contributed by atoms with E-state index in [0.29, 0.717) is 25.0 Å². The summed E-state index contributed by atoms with van der Waals surface area (Å²) in [6.07, 6.45) is -0.178. The summed E-state index contributed by atoms with van der Waals surface area (Å²) in [5, 5.41) is 20.7. The van der Waals surface area contributed by atoms with Gasteiger partial charge in [0.2, 0.25) is 0 Å². The quantitative estimate of drug-likeness (QED) is 0.412. The van der Waals surface area contributed by atoms with E-state index in [1.807, 2.05) is 0 Å². The number of carboxylic acids is 1. The first-order chi connectivity index (χ1) is 7.36. The van der Waals surface area contributed by atoms with Crippen molar-refractivity contribution in [2.75, 3.05) is 6.54 Å². The molecular formula is C11H19NO4. The number of nitrogens with one attached hydrogen (secondary N) is 1. The third kappa shape index (κ3) is 5.63. The van der Waals surface area contributed by atoms with Gasteiger partial charge in [0, 0.05) is 0 Å². The van der Waals surface area contributed by atoms with Gasteiger partial charge in [-0.25, -0.2) is 0 Å². The summed E-state index contributed by atoms with van der Waals surface area (Å²) in [6.45, 7) is 7.00. The monoisotopic (exact) mass is 229 g/mol. The molecule has 0 aliphatic carbocycles. The molecule has 0 saturated heterocycles. The largest absolute Gasteiger partial charge is 0.480 e. The van der Waals surface area contributed by atoms with Crippen LogP contribution in [0.1, 0.15) is 26.7 Å². The third-order valence-corrected chi connectivity index (χ3v) is 2.20. The Bertz CT molecular complexity index is 275. The fourth-order valence-electron chi connectivity index (χ4n) is 1.12. The van der Waals surface area contributed by atoms with E-state index in [-0.39, 0.29) is 5.78 Å². The minimum atomic E-state index is -1.03. The highest BCUT2D eigenvalue weighted by Gasteiger charge is 2.15. The molecule has 0 radical (unpaired) electrons.